The van der Waals surface area contributed by atoms with Gasteiger partial charge in [0.25, 0.3) is 5.91 Å². The minimum absolute atomic E-state index is 0.122. The molecule has 0 spiro atoms. The lowest BCUT2D eigenvalue weighted by atomic mass is 10.1. The lowest BCUT2D eigenvalue weighted by Gasteiger charge is -2.22. The van der Waals surface area contributed by atoms with Crippen molar-refractivity contribution in [3.63, 3.8) is 0 Å². The van der Waals surface area contributed by atoms with Crippen LogP contribution in [0.3, 0.4) is 0 Å². The number of ether oxygens (including phenoxy) is 1. The molecule has 26 heavy (non-hydrogen) atoms. The molecule has 0 aromatic heterocycles. The molecule has 2 heterocycles. The first-order valence-corrected chi connectivity index (χ1v) is 9.00. The summed E-state index contributed by atoms with van der Waals surface area (Å²) in [5.41, 5.74) is 0.778. The van der Waals surface area contributed by atoms with Gasteiger partial charge in [0.2, 0.25) is 10.0 Å². The molecule has 3 rings (SSSR count). The standard InChI is InChI=1S/C15H15F2N3O5S/c1-25-15(22)20-6-8-4-19(5-9(8)7-20)14(21)13-11(16)2-10(3-12(13)17)26(18,23)24/h2-3H,4-7H2,1H3,(H2,18,23,24). The van der Waals surface area contributed by atoms with E-state index in [0.29, 0.717) is 12.1 Å². The number of carbonyl (C=O) groups is 2. The number of primary sulfonamides is 1. The zero-order valence-corrected chi connectivity index (χ0v) is 14.5. The number of hydrogen-bond acceptors (Lipinski definition) is 5. The summed E-state index contributed by atoms with van der Waals surface area (Å²) in [6, 6.07) is 1.03. The van der Waals surface area contributed by atoms with E-state index >= 15 is 0 Å². The number of benzene rings is 1. The van der Waals surface area contributed by atoms with Crippen molar-refractivity contribution in [3.8, 4) is 0 Å². The van der Waals surface area contributed by atoms with E-state index in [1.807, 2.05) is 0 Å². The molecule has 2 aliphatic heterocycles. The van der Waals surface area contributed by atoms with E-state index in [0.717, 1.165) is 11.1 Å². The fourth-order valence-corrected chi connectivity index (χ4v) is 3.59. The van der Waals surface area contributed by atoms with Gasteiger partial charge in [0.1, 0.15) is 17.2 Å². The van der Waals surface area contributed by atoms with E-state index in [2.05, 4.69) is 4.74 Å². The Morgan fingerprint density at radius 1 is 1.04 bits per heavy atom. The van der Waals surface area contributed by atoms with Crippen molar-refractivity contribution in [1.29, 1.82) is 0 Å². The van der Waals surface area contributed by atoms with Gasteiger partial charge in [0.05, 0.1) is 12.0 Å². The number of rotatable bonds is 2. The summed E-state index contributed by atoms with van der Waals surface area (Å²) in [5, 5.41) is 4.85. The van der Waals surface area contributed by atoms with Crippen LogP contribution in [-0.2, 0) is 14.8 Å². The summed E-state index contributed by atoms with van der Waals surface area (Å²) in [6.45, 7) is 0.803. The van der Waals surface area contributed by atoms with Crippen LogP contribution in [0.1, 0.15) is 10.4 Å². The quantitative estimate of drug-likeness (QED) is 0.741. The highest BCUT2D eigenvalue weighted by Crippen LogP contribution is 2.28. The first-order valence-electron chi connectivity index (χ1n) is 7.45. The van der Waals surface area contributed by atoms with Gasteiger partial charge < -0.3 is 14.5 Å². The average molecular weight is 387 g/mol. The third kappa shape index (κ3) is 3.15. The first kappa shape index (κ1) is 18.3. The number of halogens is 2. The Bertz CT molecular complexity index is 904. The van der Waals surface area contributed by atoms with Gasteiger partial charge in [-0.05, 0) is 23.3 Å². The number of carbonyl (C=O) groups excluding carboxylic acids is 2. The molecule has 11 heteroatoms. The van der Waals surface area contributed by atoms with Crippen LogP contribution in [0, 0.1) is 11.6 Å². The maximum atomic E-state index is 14.2. The smallest absolute Gasteiger partial charge is 0.410 e. The van der Waals surface area contributed by atoms with Crippen LogP contribution in [0.5, 0.6) is 0 Å². The fourth-order valence-electron chi connectivity index (χ4n) is 3.06. The van der Waals surface area contributed by atoms with Crippen molar-refractivity contribution < 1.29 is 31.5 Å². The van der Waals surface area contributed by atoms with Gasteiger partial charge in [0, 0.05) is 26.2 Å². The number of sulfonamides is 1. The molecule has 2 aliphatic rings. The molecule has 0 aliphatic carbocycles. The van der Waals surface area contributed by atoms with Gasteiger partial charge in [-0.15, -0.1) is 0 Å². The molecule has 140 valence electrons. The molecule has 0 unspecified atom stereocenters. The molecule has 0 fully saturated rings. The number of amides is 2. The predicted molar refractivity (Wildman–Crippen MR) is 84.6 cm³/mol. The third-order valence-electron chi connectivity index (χ3n) is 4.30. The van der Waals surface area contributed by atoms with Gasteiger partial charge in [-0.2, -0.15) is 0 Å². The molecular weight excluding hydrogens is 372 g/mol. The van der Waals surface area contributed by atoms with E-state index in [1.54, 1.807) is 0 Å². The lowest BCUT2D eigenvalue weighted by molar-refractivity contribution is 0.0779. The second kappa shape index (κ2) is 6.32. The third-order valence-corrected chi connectivity index (χ3v) is 5.20. The predicted octanol–water partition coefficient (Wildman–Crippen LogP) is 0.447. The van der Waals surface area contributed by atoms with Crippen LogP contribution < -0.4 is 5.14 Å². The SMILES string of the molecule is COC(=O)N1CC2=C(C1)CN(C(=O)c1c(F)cc(S(N)(=O)=O)cc1F)C2. The molecule has 0 atom stereocenters. The minimum atomic E-state index is -4.30. The van der Waals surface area contributed by atoms with Crippen LogP contribution in [0.4, 0.5) is 13.6 Å². The van der Waals surface area contributed by atoms with E-state index in [1.165, 1.54) is 16.9 Å². The lowest BCUT2D eigenvalue weighted by Crippen LogP contribution is -2.37. The van der Waals surface area contributed by atoms with Crippen LogP contribution >= 0.6 is 0 Å². The largest absolute Gasteiger partial charge is 0.453 e. The van der Waals surface area contributed by atoms with Crippen molar-refractivity contribution in [2.45, 2.75) is 4.90 Å². The number of nitrogens with two attached hydrogens (primary N) is 1. The van der Waals surface area contributed by atoms with Gasteiger partial charge >= 0.3 is 6.09 Å². The number of hydrogen-bond donors (Lipinski definition) is 1. The highest BCUT2D eigenvalue weighted by molar-refractivity contribution is 7.89. The van der Waals surface area contributed by atoms with Crippen molar-refractivity contribution in [2.24, 2.45) is 5.14 Å². The average Bonchev–Trinajstić information content (AvgIpc) is 3.11. The second-order valence-electron chi connectivity index (χ2n) is 6.00. The summed E-state index contributed by atoms with van der Waals surface area (Å²) >= 11 is 0. The Balaban J connectivity index is 1.78. The van der Waals surface area contributed by atoms with E-state index < -0.39 is 44.1 Å². The molecule has 0 saturated carbocycles. The Morgan fingerprint density at radius 2 is 1.50 bits per heavy atom. The normalized spacial score (nSPS) is 16.9. The highest BCUT2D eigenvalue weighted by Gasteiger charge is 2.36. The molecule has 8 nitrogen and oxygen atoms in total. The van der Waals surface area contributed by atoms with E-state index in [4.69, 9.17) is 5.14 Å². The maximum Gasteiger partial charge on any atom is 0.410 e. The van der Waals surface area contributed by atoms with Crippen LogP contribution in [0.15, 0.2) is 28.2 Å². The molecule has 0 bridgehead atoms. The summed E-state index contributed by atoms with van der Waals surface area (Å²) in [7, 11) is -3.04. The molecular formula is C15H15F2N3O5S. The van der Waals surface area contributed by atoms with Gasteiger partial charge in [0.15, 0.2) is 0 Å². The monoisotopic (exact) mass is 387 g/mol. The topological polar surface area (TPSA) is 110 Å². The Hall–Kier alpha value is -2.53. The Kier molecular flexibility index (Phi) is 4.44. The molecule has 2 N–H and O–H groups in total. The Morgan fingerprint density at radius 3 is 1.92 bits per heavy atom. The number of methoxy groups -OCH3 is 1. The van der Waals surface area contributed by atoms with Crippen molar-refractivity contribution in [3.05, 3.63) is 40.5 Å². The molecule has 1 aromatic carbocycles. The first-order chi connectivity index (χ1) is 12.1. The van der Waals surface area contributed by atoms with Gasteiger partial charge in [-0.1, -0.05) is 0 Å². The minimum Gasteiger partial charge on any atom is -0.453 e. The summed E-state index contributed by atoms with van der Waals surface area (Å²) < 4.78 is 55.4. The molecule has 2 amide bonds. The molecule has 0 saturated heterocycles. The van der Waals surface area contributed by atoms with Gasteiger partial charge in [-0.25, -0.2) is 27.1 Å². The zero-order chi connectivity index (χ0) is 19.2. The van der Waals surface area contributed by atoms with Crippen LogP contribution in [0.2, 0.25) is 0 Å². The molecule has 0 radical (unpaired) electrons. The van der Waals surface area contributed by atoms with Crippen molar-refractivity contribution in [1.82, 2.24) is 9.80 Å². The summed E-state index contributed by atoms with van der Waals surface area (Å²) in [6.07, 6.45) is -0.493. The molecule has 1 aromatic rings. The fraction of sp³-hybridized carbons (Fsp3) is 0.333. The van der Waals surface area contributed by atoms with Crippen LogP contribution in [0.25, 0.3) is 0 Å². The zero-order valence-electron chi connectivity index (χ0n) is 13.7. The highest BCUT2D eigenvalue weighted by atomic mass is 32.2. The summed E-state index contributed by atoms with van der Waals surface area (Å²) in [4.78, 5) is 25.9. The number of nitrogens with zero attached hydrogens (tertiary/aromatic N) is 2. The van der Waals surface area contributed by atoms with E-state index in [9.17, 15) is 26.8 Å². The van der Waals surface area contributed by atoms with Gasteiger partial charge in [-0.3, -0.25) is 4.79 Å². The van der Waals surface area contributed by atoms with E-state index in [-0.39, 0.29) is 26.2 Å². The Labute approximate surface area is 147 Å². The van der Waals surface area contributed by atoms with Crippen LogP contribution in [-0.4, -0.2) is 63.5 Å². The second-order valence-corrected chi connectivity index (χ2v) is 7.56. The van der Waals surface area contributed by atoms with Crippen molar-refractivity contribution in [2.75, 3.05) is 33.3 Å². The van der Waals surface area contributed by atoms with Crippen molar-refractivity contribution >= 4 is 22.0 Å². The maximum absolute atomic E-state index is 14.2. The summed E-state index contributed by atoms with van der Waals surface area (Å²) in [5.74, 6) is -3.51.